The number of halogens is 1. The fourth-order valence-electron chi connectivity index (χ4n) is 4.23. The summed E-state index contributed by atoms with van der Waals surface area (Å²) in [4.78, 5) is 9.93. The normalized spacial score (nSPS) is 20.8. The summed E-state index contributed by atoms with van der Waals surface area (Å²) >= 11 is 0. The van der Waals surface area contributed by atoms with Crippen LogP contribution < -0.4 is 5.32 Å². The second kappa shape index (κ2) is 10.5. The molecular formula is C21H35IN4O. The molecule has 0 spiro atoms. The van der Waals surface area contributed by atoms with Crippen molar-refractivity contribution in [3.05, 3.63) is 28.8 Å². The molecule has 0 bridgehead atoms. The van der Waals surface area contributed by atoms with E-state index >= 15 is 0 Å². The molecule has 2 aliphatic heterocycles. The van der Waals surface area contributed by atoms with Crippen LogP contribution in [-0.2, 0) is 6.54 Å². The lowest BCUT2D eigenvalue weighted by Crippen LogP contribution is -2.40. The lowest BCUT2D eigenvalue weighted by Gasteiger charge is -2.23. The first kappa shape index (κ1) is 22.3. The molecule has 1 aromatic rings. The molecule has 1 unspecified atom stereocenters. The van der Waals surface area contributed by atoms with Crippen LogP contribution in [0.3, 0.4) is 0 Å². The molecule has 2 heterocycles. The van der Waals surface area contributed by atoms with E-state index < -0.39 is 0 Å². The molecule has 1 aromatic carbocycles. The van der Waals surface area contributed by atoms with Gasteiger partial charge in [0.05, 0.1) is 6.54 Å². The molecule has 5 nitrogen and oxygen atoms in total. The number of likely N-dealkylation sites (tertiary alicyclic amines) is 2. The molecule has 6 heteroatoms. The van der Waals surface area contributed by atoms with Crippen molar-refractivity contribution in [1.82, 2.24) is 15.1 Å². The fraction of sp³-hybridized carbons (Fsp3) is 0.667. The summed E-state index contributed by atoms with van der Waals surface area (Å²) in [5.74, 6) is 2.18. The van der Waals surface area contributed by atoms with Gasteiger partial charge in [0, 0.05) is 26.2 Å². The number of benzene rings is 1. The monoisotopic (exact) mass is 486 g/mol. The van der Waals surface area contributed by atoms with Crippen LogP contribution in [0.5, 0.6) is 5.75 Å². The van der Waals surface area contributed by atoms with Crippen LogP contribution in [0.4, 0.5) is 0 Å². The molecule has 0 amide bonds. The second-order valence-electron chi connectivity index (χ2n) is 7.86. The molecule has 0 saturated carbocycles. The standard InChI is InChI=1S/C21H34N4O.HI/c1-4-22-21(23-13-19-11-16(2)20(26)17(3)12-19)25-10-7-18(15-25)14-24-8-5-6-9-24;/h11-12,18,26H,4-10,13-15H2,1-3H3,(H,22,23);1H. The fourth-order valence-corrected chi connectivity index (χ4v) is 4.23. The minimum atomic E-state index is 0. The van der Waals surface area contributed by atoms with Crippen LogP contribution in [0.2, 0.25) is 0 Å². The Kier molecular flexibility index (Phi) is 8.66. The molecule has 0 radical (unpaired) electrons. The van der Waals surface area contributed by atoms with E-state index in [1.54, 1.807) is 0 Å². The van der Waals surface area contributed by atoms with Crippen LogP contribution in [0.25, 0.3) is 0 Å². The highest BCUT2D eigenvalue weighted by Gasteiger charge is 2.27. The molecule has 27 heavy (non-hydrogen) atoms. The predicted octanol–water partition coefficient (Wildman–Crippen LogP) is 3.51. The highest BCUT2D eigenvalue weighted by Crippen LogP contribution is 2.24. The molecule has 1 atom stereocenters. The number of rotatable bonds is 5. The maximum absolute atomic E-state index is 9.95. The molecule has 2 fully saturated rings. The first-order chi connectivity index (χ1) is 12.6. The minimum Gasteiger partial charge on any atom is -0.507 e. The van der Waals surface area contributed by atoms with Crippen LogP contribution in [0.15, 0.2) is 17.1 Å². The van der Waals surface area contributed by atoms with E-state index in [2.05, 4.69) is 22.0 Å². The second-order valence-corrected chi connectivity index (χ2v) is 7.86. The van der Waals surface area contributed by atoms with Crippen molar-refractivity contribution in [2.24, 2.45) is 10.9 Å². The smallest absolute Gasteiger partial charge is 0.194 e. The summed E-state index contributed by atoms with van der Waals surface area (Å²) in [6.07, 6.45) is 4.00. The quantitative estimate of drug-likeness (QED) is 0.380. The van der Waals surface area contributed by atoms with Gasteiger partial charge in [0.25, 0.3) is 0 Å². The van der Waals surface area contributed by atoms with E-state index in [1.165, 1.54) is 38.9 Å². The Bertz CT molecular complexity index is 620. The summed E-state index contributed by atoms with van der Waals surface area (Å²) in [5.41, 5.74) is 3.00. The SMILES string of the molecule is CCNC(=NCc1cc(C)c(O)c(C)c1)N1CCC(CN2CCCC2)C1.I. The number of hydrogen-bond donors (Lipinski definition) is 2. The van der Waals surface area contributed by atoms with Gasteiger partial charge in [-0.2, -0.15) is 0 Å². The van der Waals surface area contributed by atoms with E-state index in [0.29, 0.717) is 12.3 Å². The van der Waals surface area contributed by atoms with E-state index in [9.17, 15) is 5.11 Å². The van der Waals surface area contributed by atoms with Crippen LogP contribution >= 0.6 is 24.0 Å². The topological polar surface area (TPSA) is 51.1 Å². The highest BCUT2D eigenvalue weighted by molar-refractivity contribution is 14.0. The molecule has 152 valence electrons. The largest absolute Gasteiger partial charge is 0.507 e. The van der Waals surface area contributed by atoms with Gasteiger partial charge in [-0.1, -0.05) is 12.1 Å². The minimum absolute atomic E-state index is 0. The third kappa shape index (κ3) is 5.98. The number of guanidine groups is 1. The van der Waals surface area contributed by atoms with E-state index in [4.69, 9.17) is 4.99 Å². The van der Waals surface area contributed by atoms with Gasteiger partial charge in [-0.15, -0.1) is 24.0 Å². The number of phenols is 1. The van der Waals surface area contributed by atoms with Gasteiger partial charge in [0.1, 0.15) is 5.75 Å². The van der Waals surface area contributed by atoms with Crippen molar-refractivity contribution >= 4 is 29.9 Å². The maximum Gasteiger partial charge on any atom is 0.194 e. The Hall–Kier alpha value is -1.02. The van der Waals surface area contributed by atoms with E-state index in [1.807, 2.05) is 26.0 Å². The molecule has 0 aliphatic carbocycles. The lowest BCUT2D eigenvalue weighted by atomic mass is 10.1. The highest BCUT2D eigenvalue weighted by atomic mass is 127. The van der Waals surface area contributed by atoms with Crippen LogP contribution in [-0.4, -0.2) is 60.1 Å². The average molecular weight is 486 g/mol. The van der Waals surface area contributed by atoms with Crippen LogP contribution in [0, 0.1) is 19.8 Å². The van der Waals surface area contributed by atoms with Crippen molar-refractivity contribution in [3.8, 4) is 5.75 Å². The third-order valence-corrected chi connectivity index (χ3v) is 5.60. The Morgan fingerprint density at radius 2 is 1.85 bits per heavy atom. The Labute approximate surface area is 181 Å². The summed E-state index contributed by atoms with van der Waals surface area (Å²) in [5, 5.41) is 13.4. The number of aromatic hydroxyl groups is 1. The van der Waals surface area contributed by atoms with Gasteiger partial charge in [0.2, 0.25) is 0 Å². The van der Waals surface area contributed by atoms with Gasteiger partial charge in [-0.05, 0) is 75.7 Å². The van der Waals surface area contributed by atoms with Crippen molar-refractivity contribution in [2.45, 2.75) is 46.6 Å². The summed E-state index contributed by atoms with van der Waals surface area (Å²) < 4.78 is 0. The third-order valence-electron chi connectivity index (χ3n) is 5.60. The number of aliphatic imine (C=N–C) groups is 1. The summed E-state index contributed by atoms with van der Waals surface area (Å²) in [6, 6.07) is 4.07. The van der Waals surface area contributed by atoms with Crippen molar-refractivity contribution in [2.75, 3.05) is 39.3 Å². The first-order valence-electron chi connectivity index (χ1n) is 10.1. The van der Waals surface area contributed by atoms with Crippen molar-refractivity contribution in [3.63, 3.8) is 0 Å². The zero-order valence-electron chi connectivity index (χ0n) is 17.0. The number of nitrogens with zero attached hydrogens (tertiary/aromatic N) is 3. The maximum atomic E-state index is 9.95. The Morgan fingerprint density at radius 1 is 1.19 bits per heavy atom. The molecule has 2 aliphatic rings. The van der Waals surface area contributed by atoms with Gasteiger partial charge >= 0.3 is 0 Å². The predicted molar refractivity (Wildman–Crippen MR) is 123 cm³/mol. The summed E-state index contributed by atoms with van der Waals surface area (Å²) in [7, 11) is 0. The van der Waals surface area contributed by atoms with Crippen molar-refractivity contribution < 1.29 is 5.11 Å². The zero-order chi connectivity index (χ0) is 18.5. The van der Waals surface area contributed by atoms with Crippen LogP contribution in [0.1, 0.15) is 42.9 Å². The lowest BCUT2D eigenvalue weighted by molar-refractivity contribution is 0.281. The molecule has 0 aromatic heterocycles. The molecular weight excluding hydrogens is 451 g/mol. The number of nitrogens with one attached hydrogen (secondary N) is 1. The molecule has 3 rings (SSSR count). The van der Waals surface area contributed by atoms with Gasteiger partial charge < -0.3 is 20.2 Å². The van der Waals surface area contributed by atoms with Gasteiger partial charge in [-0.25, -0.2) is 4.99 Å². The molecule has 2 saturated heterocycles. The Balaban J connectivity index is 0.00000261. The first-order valence-corrected chi connectivity index (χ1v) is 10.1. The van der Waals surface area contributed by atoms with Gasteiger partial charge in [0.15, 0.2) is 5.96 Å². The van der Waals surface area contributed by atoms with E-state index in [0.717, 1.165) is 48.2 Å². The molecule has 2 N–H and O–H groups in total. The number of phenolic OH excluding ortho intramolecular Hbond substituents is 1. The van der Waals surface area contributed by atoms with Gasteiger partial charge in [-0.3, -0.25) is 0 Å². The van der Waals surface area contributed by atoms with E-state index in [-0.39, 0.29) is 24.0 Å². The number of hydrogen-bond acceptors (Lipinski definition) is 3. The Morgan fingerprint density at radius 3 is 2.48 bits per heavy atom. The van der Waals surface area contributed by atoms with Crippen molar-refractivity contribution in [1.29, 1.82) is 0 Å². The average Bonchev–Trinajstić information content (AvgIpc) is 3.29. The summed E-state index contributed by atoms with van der Waals surface area (Å²) in [6.45, 7) is 13.6. The zero-order valence-corrected chi connectivity index (χ0v) is 19.3. The number of aryl methyl sites for hydroxylation is 2.